The molecule has 1 aromatic rings. The van der Waals surface area contributed by atoms with E-state index in [1.165, 1.54) is 0 Å². The van der Waals surface area contributed by atoms with E-state index in [0.29, 0.717) is 5.02 Å². The van der Waals surface area contributed by atoms with Crippen molar-refractivity contribution in [2.45, 2.75) is 39.5 Å². The van der Waals surface area contributed by atoms with Crippen LogP contribution in [0.2, 0.25) is 5.02 Å². The van der Waals surface area contributed by atoms with E-state index in [1.807, 2.05) is 39.8 Å². The Balaban J connectivity index is 2.68. The van der Waals surface area contributed by atoms with Gasteiger partial charge >= 0.3 is 0 Å². The van der Waals surface area contributed by atoms with Crippen LogP contribution in [0.5, 0.6) is 5.75 Å². The van der Waals surface area contributed by atoms with Crippen LogP contribution in [0.25, 0.3) is 0 Å². The van der Waals surface area contributed by atoms with Crippen LogP contribution in [-0.2, 0) is 0 Å². The van der Waals surface area contributed by atoms with Crippen LogP contribution in [0.1, 0.15) is 27.7 Å². The monoisotopic (exact) mass is 240 g/mol. The lowest BCUT2D eigenvalue weighted by atomic mass is 10.3. The Morgan fingerprint density at radius 1 is 1.19 bits per heavy atom. The number of hydrogen-bond acceptors (Lipinski definition) is 3. The van der Waals surface area contributed by atoms with E-state index in [9.17, 15) is 0 Å². The summed E-state index contributed by atoms with van der Waals surface area (Å²) in [6.07, 6.45) is 0. The zero-order chi connectivity index (χ0) is 12.2. The molecule has 0 saturated heterocycles. The van der Waals surface area contributed by atoms with Gasteiger partial charge in [0.15, 0.2) is 0 Å². The lowest BCUT2D eigenvalue weighted by Crippen LogP contribution is -2.25. The molecule has 0 heterocycles. The van der Waals surface area contributed by atoms with Crippen molar-refractivity contribution in [3.8, 4) is 5.75 Å². The maximum Gasteiger partial charge on any atom is 0.213 e. The molecule has 0 bridgehead atoms. The maximum atomic E-state index is 5.79. The zero-order valence-electron chi connectivity index (χ0n) is 10.1. The van der Waals surface area contributed by atoms with Crippen LogP contribution in [0.15, 0.2) is 34.5 Å². The van der Waals surface area contributed by atoms with E-state index in [1.54, 1.807) is 12.1 Å². The molecule has 0 fully saturated rings. The van der Waals surface area contributed by atoms with E-state index >= 15 is 0 Å². The van der Waals surface area contributed by atoms with Crippen molar-refractivity contribution in [3.05, 3.63) is 29.3 Å². The van der Waals surface area contributed by atoms with Crippen LogP contribution >= 0.6 is 11.6 Å². The third kappa shape index (κ3) is 4.62. The van der Waals surface area contributed by atoms with Gasteiger partial charge in [0.1, 0.15) is 5.75 Å². The van der Waals surface area contributed by atoms with E-state index in [-0.39, 0.29) is 6.04 Å². The third-order valence-electron chi connectivity index (χ3n) is 1.71. The van der Waals surface area contributed by atoms with E-state index in [4.69, 9.17) is 16.3 Å². The van der Waals surface area contributed by atoms with Crippen molar-refractivity contribution in [2.75, 3.05) is 0 Å². The highest BCUT2D eigenvalue weighted by Crippen LogP contribution is 2.21. The van der Waals surface area contributed by atoms with Gasteiger partial charge in [0.2, 0.25) is 5.72 Å². The zero-order valence-corrected chi connectivity index (χ0v) is 10.8. The molecule has 0 aliphatic carbocycles. The van der Waals surface area contributed by atoms with Crippen molar-refractivity contribution in [3.63, 3.8) is 0 Å². The number of rotatable bonds is 4. The summed E-state index contributed by atoms with van der Waals surface area (Å²) >= 11 is 5.79. The Hall–Kier alpha value is -1.09. The van der Waals surface area contributed by atoms with Gasteiger partial charge in [0.25, 0.3) is 0 Å². The fraction of sp³-hybridized carbons (Fsp3) is 0.500. The highest BCUT2D eigenvalue weighted by Gasteiger charge is 2.18. The number of hydrogen-bond donors (Lipinski definition) is 0. The maximum absolute atomic E-state index is 5.79. The number of halogens is 1. The Bertz CT molecular complexity index is 358. The van der Waals surface area contributed by atoms with Crippen molar-refractivity contribution in [1.82, 2.24) is 0 Å². The molecule has 0 N–H and O–H groups in total. The lowest BCUT2D eigenvalue weighted by Gasteiger charge is -2.20. The first-order valence-electron chi connectivity index (χ1n) is 5.26. The predicted octanol–water partition coefficient (Wildman–Crippen LogP) is 4.32. The van der Waals surface area contributed by atoms with Crippen molar-refractivity contribution < 1.29 is 4.74 Å². The Kier molecular flexibility index (Phi) is 4.30. The van der Waals surface area contributed by atoms with Gasteiger partial charge in [0, 0.05) is 5.02 Å². The lowest BCUT2D eigenvalue weighted by molar-refractivity contribution is 0.109. The first-order chi connectivity index (χ1) is 7.39. The molecule has 1 rings (SSSR count). The summed E-state index contributed by atoms with van der Waals surface area (Å²) in [6, 6.07) is 7.37. The number of nitrogens with zero attached hydrogens (tertiary/aromatic N) is 2. The molecule has 3 nitrogen and oxygen atoms in total. The molecule has 0 spiro atoms. The molecule has 0 atom stereocenters. The molecule has 0 aliphatic rings. The molecular formula is C12H17ClN2O. The molecule has 0 radical (unpaired) electrons. The third-order valence-corrected chi connectivity index (χ3v) is 1.96. The summed E-state index contributed by atoms with van der Waals surface area (Å²) in [4.78, 5) is 0. The van der Waals surface area contributed by atoms with Crippen LogP contribution < -0.4 is 4.74 Å². The molecule has 0 aliphatic heterocycles. The first kappa shape index (κ1) is 13.0. The average molecular weight is 241 g/mol. The SMILES string of the molecule is CC(C)/N=N/C(C)(C)Oc1ccc(Cl)cc1. The fourth-order valence-electron chi connectivity index (χ4n) is 1.07. The molecular weight excluding hydrogens is 224 g/mol. The molecule has 4 heteroatoms. The number of benzene rings is 1. The van der Waals surface area contributed by atoms with Crippen LogP contribution in [0, 0.1) is 0 Å². The standard InChI is InChI=1S/C12H17ClN2O/c1-9(2)14-15-12(3,4)16-11-7-5-10(13)6-8-11/h5-9H,1-4H3/b15-14+. The minimum absolute atomic E-state index is 0.174. The summed E-state index contributed by atoms with van der Waals surface area (Å²) in [6.45, 7) is 7.69. The Labute approximate surface area is 101 Å². The van der Waals surface area contributed by atoms with Crippen molar-refractivity contribution in [1.29, 1.82) is 0 Å². The first-order valence-corrected chi connectivity index (χ1v) is 5.63. The van der Waals surface area contributed by atoms with E-state index < -0.39 is 5.72 Å². The summed E-state index contributed by atoms with van der Waals surface area (Å²) in [7, 11) is 0. The average Bonchev–Trinajstić information content (AvgIpc) is 2.19. The predicted molar refractivity (Wildman–Crippen MR) is 66.2 cm³/mol. The molecule has 0 unspecified atom stereocenters. The highest BCUT2D eigenvalue weighted by atomic mass is 35.5. The second-order valence-electron chi connectivity index (χ2n) is 4.31. The minimum Gasteiger partial charge on any atom is -0.465 e. The smallest absolute Gasteiger partial charge is 0.213 e. The van der Waals surface area contributed by atoms with Crippen LogP contribution in [-0.4, -0.2) is 11.8 Å². The normalized spacial score (nSPS) is 12.4. The second kappa shape index (κ2) is 5.30. The van der Waals surface area contributed by atoms with Gasteiger partial charge in [-0.15, -0.1) is 5.11 Å². The van der Waals surface area contributed by atoms with E-state index in [0.717, 1.165) is 5.75 Å². The Morgan fingerprint density at radius 2 is 1.75 bits per heavy atom. The van der Waals surface area contributed by atoms with E-state index in [2.05, 4.69) is 10.2 Å². The van der Waals surface area contributed by atoms with Gasteiger partial charge in [-0.3, -0.25) is 0 Å². The molecule has 0 saturated carbocycles. The van der Waals surface area contributed by atoms with Gasteiger partial charge in [0.05, 0.1) is 6.04 Å². The van der Waals surface area contributed by atoms with Crippen LogP contribution in [0.4, 0.5) is 0 Å². The van der Waals surface area contributed by atoms with Gasteiger partial charge in [-0.25, -0.2) is 0 Å². The Morgan fingerprint density at radius 3 is 2.25 bits per heavy atom. The van der Waals surface area contributed by atoms with Crippen molar-refractivity contribution in [2.24, 2.45) is 10.2 Å². The molecule has 88 valence electrons. The van der Waals surface area contributed by atoms with Crippen LogP contribution in [0.3, 0.4) is 0 Å². The highest BCUT2D eigenvalue weighted by molar-refractivity contribution is 6.30. The van der Waals surface area contributed by atoms with Crippen molar-refractivity contribution >= 4 is 11.6 Å². The molecule has 0 amide bonds. The summed E-state index contributed by atoms with van der Waals surface area (Å²) in [5.74, 6) is 0.733. The van der Waals surface area contributed by atoms with Gasteiger partial charge in [-0.05, 0) is 52.0 Å². The number of azo groups is 1. The largest absolute Gasteiger partial charge is 0.465 e. The molecule has 0 aromatic heterocycles. The quantitative estimate of drug-likeness (QED) is 0.722. The fourth-order valence-corrected chi connectivity index (χ4v) is 1.19. The summed E-state index contributed by atoms with van der Waals surface area (Å²) in [5.41, 5.74) is -0.655. The molecule has 1 aromatic carbocycles. The summed E-state index contributed by atoms with van der Waals surface area (Å²) < 4.78 is 5.69. The minimum atomic E-state index is -0.655. The second-order valence-corrected chi connectivity index (χ2v) is 4.75. The number of ether oxygens (including phenoxy) is 1. The van der Waals surface area contributed by atoms with Gasteiger partial charge in [-0.2, -0.15) is 5.11 Å². The van der Waals surface area contributed by atoms with Gasteiger partial charge in [-0.1, -0.05) is 11.6 Å². The van der Waals surface area contributed by atoms with Gasteiger partial charge < -0.3 is 4.74 Å². The topological polar surface area (TPSA) is 34.0 Å². The molecule has 16 heavy (non-hydrogen) atoms. The summed E-state index contributed by atoms with van der Waals surface area (Å²) in [5, 5.41) is 8.92.